The molecule has 2 N–H and O–H groups in total. The number of benzene rings is 1. The zero-order valence-corrected chi connectivity index (χ0v) is 25.1. The van der Waals surface area contributed by atoms with Crippen LogP contribution < -0.4 is 0 Å². The molecule has 1 aromatic carbocycles. The number of halogens is 3. The Hall–Kier alpha value is -1.57. The summed E-state index contributed by atoms with van der Waals surface area (Å²) in [7, 11) is 0. The molecule has 0 saturated heterocycles. The number of aliphatic hydroxyl groups excluding tert-OH is 2. The SMILES string of the molecule is CCC(C)(C)C.CS.Cc1c2c(nc(C(C)C)c1C(O)c1ccc(C(F)(F)F)cc1)CC1(CCC1)CC2O. The molecule has 2 aliphatic carbocycles. The lowest BCUT2D eigenvalue weighted by Crippen LogP contribution is -2.38. The fourth-order valence-corrected chi connectivity index (χ4v) is 5.20. The van der Waals surface area contributed by atoms with E-state index in [9.17, 15) is 23.4 Å². The number of rotatable bonds is 3. The van der Waals surface area contributed by atoms with E-state index in [1.165, 1.54) is 25.0 Å². The summed E-state index contributed by atoms with van der Waals surface area (Å²) in [5.74, 6) is 0.0320. The van der Waals surface area contributed by atoms with Crippen molar-refractivity contribution in [2.24, 2.45) is 10.8 Å². The molecule has 1 aromatic heterocycles. The van der Waals surface area contributed by atoms with Crippen LogP contribution in [0.15, 0.2) is 24.3 Å². The maximum absolute atomic E-state index is 12.9. The van der Waals surface area contributed by atoms with Gasteiger partial charge in [-0.3, -0.25) is 4.98 Å². The average molecular weight is 554 g/mol. The first-order valence-corrected chi connectivity index (χ1v) is 14.5. The number of aliphatic hydroxyl groups is 2. The molecule has 38 heavy (non-hydrogen) atoms. The van der Waals surface area contributed by atoms with Crippen LogP contribution in [0.1, 0.15) is 131 Å². The molecule has 2 atom stereocenters. The molecule has 0 bridgehead atoms. The van der Waals surface area contributed by atoms with Crippen molar-refractivity contribution < 1.29 is 23.4 Å². The van der Waals surface area contributed by atoms with Crippen molar-refractivity contribution in [2.45, 2.75) is 111 Å². The van der Waals surface area contributed by atoms with E-state index in [-0.39, 0.29) is 11.3 Å². The van der Waals surface area contributed by atoms with Gasteiger partial charge in [-0.2, -0.15) is 25.8 Å². The minimum Gasteiger partial charge on any atom is -0.388 e. The number of hydrogen-bond acceptors (Lipinski definition) is 4. The van der Waals surface area contributed by atoms with E-state index in [0.29, 0.717) is 23.0 Å². The third-order valence-corrected chi connectivity index (χ3v) is 8.00. The largest absolute Gasteiger partial charge is 0.416 e. The predicted octanol–water partition coefficient (Wildman–Crippen LogP) is 8.75. The molecule has 2 aromatic rings. The smallest absolute Gasteiger partial charge is 0.388 e. The second kappa shape index (κ2) is 12.7. The number of aromatic nitrogens is 1. The first-order chi connectivity index (χ1) is 17.6. The number of alkyl halides is 3. The van der Waals surface area contributed by atoms with Gasteiger partial charge in [-0.25, -0.2) is 0 Å². The second-order valence-corrected chi connectivity index (χ2v) is 12.2. The van der Waals surface area contributed by atoms with Crippen LogP contribution in [0, 0.1) is 17.8 Å². The molecule has 7 heteroatoms. The first kappa shape index (κ1) is 32.6. The standard InChI is InChI=1S/C24H28F3NO2.C6H14.CH4S/c1-13(2)21-20(22(30)15-5-7-16(8-6-15)24(25,26)27)14(3)19-17(28-21)11-23(9-4-10-23)12-18(19)29;1-5-6(2,3)4;1-2/h5-8,13,18,22,29-30H,4,9-12H2,1-3H3;5H2,1-4H3;2H,1H3. The Bertz CT molecular complexity index is 1050. The van der Waals surface area contributed by atoms with Gasteiger partial charge < -0.3 is 10.2 Å². The molecule has 0 amide bonds. The van der Waals surface area contributed by atoms with Crippen molar-refractivity contribution >= 4 is 12.6 Å². The third-order valence-electron chi connectivity index (χ3n) is 8.00. The van der Waals surface area contributed by atoms with Crippen molar-refractivity contribution in [3.63, 3.8) is 0 Å². The van der Waals surface area contributed by atoms with Gasteiger partial charge in [-0.05, 0) is 78.9 Å². The van der Waals surface area contributed by atoms with Gasteiger partial charge in [0.1, 0.15) is 6.10 Å². The molecule has 3 nitrogen and oxygen atoms in total. The quantitative estimate of drug-likeness (QED) is 0.333. The van der Waals surface area contributed by atoms with E-state index in [1.54, 1.807) is 6.26 Å². The van der Waals surface area contributed by atoms with E-state index in [1.807, 2.05) is 20.8 Å². The lowest BCUT2D eigenvalue weighted by atomic mass is 9.59. The molecular weight excluding hydrogens is 507 g/mol. The summed E-state index contributed by atoms with van der Waals surface area (Å²) >= 11 is 3.53. The predicted molar refractivity (Wildman–Crippen MR) is 153 cm³/mol. The van der Waals surface area contributed by atoms with Crippen molar-refractivity contribution in [3.05, 3.63) is 63.5 Å². The van der Waals surface area contributed by atoms with Gasteiger partial charge in [-0.15, -0.1) is 0 Å². The second-order valence-electron chi connectivity index (χ2n) is 12.2. The van der Waals surface area contributed by atoms with Crippen molar-refractivity contribution in [3.8, 4) is 0 Å². The zero-order chi connectivity index (χ0) is 29.1. The fourth-order valence-electron chi connectivity index (χ4n) is 5.20. The van der Waals surface area contributed by atoms with Crippen LogP contribution in [0.25, 0.3) is 0 Å². The Morgan fingerprint density at radius 1 is 1.08 bits per heavy atom. The molecule has 1 heterocycles. The van der Waals surface area contributed by atoms with Gasteiger partial charge in [-0.1, -0.05) is 66.5 Å². The molecule has 2 unspecified atom stereocenters. The third kappa shape index (κ3) is 7.54. The van der Waals surface area contributed by atoms with Gasteiger partial charge in [0.05, 0.1) is 11.7 Å². The molecule has 0 aliphatic heterocycles. The van der Waals surface area contributed by atoms with E-state index in [0.717, 1.165) is 53.9 Å². The molecule has 1 spiro atoms. The highest BCUT2D eigenvalue weighted by molar-refractivity contribution is 7.79. The van der Waals surface area contributed by atoms with E-state index < -0.39 is 23.9 Å². The molecule has 2 aliphatic rings. The fraction of sp³-hybridized carbons (Fsp3) is 0.645. The number of fused-ring (bicyclic) bond motifs is 1. The van der Waals surface area contributed by atoms with Crippen LogP contribution in [0.5, 0.6) is 0 Å². The highest BCUT2D eigenvalue weighted by atomic mass is 32.1. The minimum absolute atomic E-state index is 0.0320. The van der Waals surface area contributed by atoms with Crippen molar-refractivity contribution in [1.29, 1.82) is 0 Å². The molecule has 1 saturated carbocycles. The average Bonchev–Trinajstić information content (AvgIpc) is 2.82. The van der Waals surface area contributed by atoms with Gasteiger partial charge >= 0.3 is 6.18 Å². The van der Waals surface area contributed by atoms with Crippen LogP contribution in [-0.4, -0.2) is 21.5 Å². The Balaban J connectivity index is 0.000000560. The monoisotopic (exact) mass is 553 g/mol. The van der Waals surface area contributed by atoms with Gasteiger partial charge in [0, 0.05) is 22.5 Å². The van der Waals surface area contributed by atoms with Crippen molar-refractivity contribution in [2.75, 3.05) is 6.26 Å². The highest BCUT2D eigenvalue weighted by Gasteiger charge is 2.45. The summed E-state index contributed by atoms with van der Waals surface area (Å²) in [6, 6.07) is 4.61. The molecule has 214 valence electrons. The summed E-state index contributed by atoms with van der Waals surface area (Å²) in [5.41, 5.74) is 4.19. The van der Waals surface area contributed by atoms with Crippen LogP contribution in [0.3, 0.4) is 0 Å². The van der Waals surface area contributed by atoms with Gasteiger partial charge in [0.2, 0.25) is 0 Å². The van der Waals surface area contributed by atoms with E-state index in [2.05, 4.69) is 40.3 Å². The maximum atomic E-state index is 12.9. The number of hydrogen-bond donors (Lipinski definition) is 3. The topological polar surface area (TPSA) is 53.4 Å². The molecular formula is C31H46F3NO2S. The van der Waals surface area contributed by atoms with Gasteiger partial charge in [0.25, 0.3) is 0 Å². The Kier molecular flexibility index (Phi) is 10.9. The van der Waals surface area contributed by atoms with Gasteiger partial charge in [0.15, 0.2) is 0 Å². The Morgan fingerprint density at radius 2 is 1.61 bits per heavy atom. The summed E-state index contributed by atoms with van der Waals surface area (Å²) in [5, 5.41) is 22.1. The normalized spacial score (nSPS) is 19.0. The Morgan fingerprint density at radius 3 is 2.00 bits per heavy atom. The summed E-state index contributed by atoms with van der Waals surface area (Å²) in [4.78, 5) is 4.90. The first-order valence-electron chi connectivity index (χ1n) is 13.6. The lowest BCUT2D eigenvalue weighted by molar-refractivity contribution is -0.137. The summed E-state index contributed by atoms with van der Waals surface area (Å²) in [6.45, 7) is 14.8. The molecule has 4 rings (SSSR count). The Labute approximate surface area is 232 Å². The lowest BCUT2D eigenvalue weighted by Gasteiger charge is -2.47. The molecule has 0 radical (unpaired) electrons. The highest BCUT2D eigenvalue weighted by Crippen LogP contribution is 2.54. The number of nitrogens with zero attached hydrogens (tertiary/aromatic N) is 1. The van der Waals surface area contributed by atoms with Crippen LogP contribution in [0.2, 0.25) is 0 Å². The maximum Gasteiger partial charge on any atom is 0.416 e. The van der Waals surface area contributed by atoms with Crippen LogP contribution in [0.4, 0.5) is 13.2 Å². The van der Waals surface area contributed by atoms with Crippen LogP contribution >= 0.6 is 12.6 Å². The summed E-state index contributed by atoms with van der Waals surface area (Å²) in [6.07, 6.45) is 1.77. The van der Waals surface area contributed by atoms with E-state index in [4.69, 9.17) is 4.98 Å². The number of thiol groups is 1. The summed E-state index contributed by atoms with van der Waals surface area (Å²) < 4.78 is 38.7. The van der Waals surface area contributed by atoms with Crippen LogP contribution in [-0.2, 0) is 12.6 Å². The van der Waals surface area contributed by atoms with Crippen molar-refractivity contribution in [1.82, 2.24) is 4.98 Å². The number of pyridine rings is 1. The molecule has 1 fully saturated rings. The zero-order valence-electron chi connectivity index (χ0n) is 24.2. The minimum atomic E-state index is -4.42. The van der Waals surface area contributed by atoms with E-state index >= 15 is 0 Å².